The topological polar surface area (TPSA) is 69.5 Å². The lowest BCUT2D eigenvalue weighted by Crippen LogP contribution is -2.31. The van der Waals surface area contributed by atoms with E-state index in [1.54, 1.807) is 19.5 Å². The number of fused-ring (bicyclic) bond motifs is 1. The molecule has 1 aliphatic rings. The molecule has 0 radical (unpaired) electrons. The van der Waals surface area contributed by atoms with Crippen molar-refractivity contribution in [3.8, 4) is 0 Å². The van der Waals surface area contributed by atoms with Gasteiger partial charge in [-0.1, -0.05) is 18.2 Å². The molecular weight excluding hydrogens is 296 g/mol. The van der Waals surface area contributed by atoms with Gasteiger partial charge in [0.15, 0.2) is 5.76 Å². The number of rotatable bonds is 5. The predicted molar refractivity (Wildman–Crippen MR) is 82.9 cm³/mol. The number of imidazole rings is 1. The molecule has 2 aromatic heterocycles. The van der Waals surface area contributed by atoms with Crippen LogP contribution in [-0.2, 0) is 26.4 Å². The van der Waals surface area contributed by atoms with Gasteiger partial charge in [-0.25, -0.2) is 4.98 Å². The van der Waals surface area contributed by atoms with Crippen molar-refractivity contribution in [2.24, 2.45) is 0 Å². The third-order valence-electron chi connectivity index (χ3n) is 3.97. The molecule has 2 unspecified atom stereocenters. The van der Waals surface area contributed by atoms with Crippen LogP contribution in [0.2, 0.25) is 0 Å². The number of nitrogens with one attached hydrogen (secondary N) is 1. The van der Waals surface area contributed by atoms with Crippen molar-refractivity contribution in [1.82, 2.24) is 9.97 Å². The normalized spacial score (nSPS) is 24.5. The summed E-state index contributed by atoms with van der Waals surface area (Å²) in [5.74, 6) is 0.442. The molecule has 0 saturated carbocycles. The van der Waals surface area contributed by atoms with Crippen LogP contribution in [0.25, 0.3) is 11.0 Å². The number of aromatic nitrogens is 2. The fraction of sp³-hybridized carbons (Fsp3) is 0.353. The fourth-order valence-electron chi connectivity index (χ4n) is 2.93. The van der Waals surface area contributed by atoms with Crippen LogP contribution in [-0.4, -0.2) is 36.4 Å². The maximum absolute atomic E-state index is 6.18. The zero-order valence-electron chi connectivity index (χ0n) is 12.8. The van der Waals surface area contributed by atoms with E-state index in [4.69, 9.17) is 18.6 Å². The first-order chi connectivity index (χ1) is 11.3. The van der Waals surface area contributed by atoms with Crippen LogP contribution in [0.3, 0.4) is 0 Å². The number of benzene rings is 1. The van der Waals surface area contributed by atoms with Gasteiger partial charge in [-0.15, -0.1) is 0 Å². The summed E-state index contributed by atoms with van der Waals surface area (Å²) in [6.07, 6.45) is 3.80. The van der Waals surface area contributed by atoms with Gasteiger partial charge in [0, 0.05) is 24.9 Å². The third kappa shape index (κ3) is 2.65. The Balaban J connectivity index is 1.72. The van der Waals surface area contributed by atoms with E-state index in [2.05, 4.69) is 9.97 Å². The number of nitrogens with zero attached hydrogens (tertiary/aromatic N) is 1. The number of para-hydroxylation sites is 1. The Morgan fingerprint density at radius 2 is 2.30 bits per heavy atom. The maximum Gasteiger partial charge on any atom is 0.236 e. The van der Waals surface area contributed by atoms with E-state index in [0.717, 1.165) is 16.8 Å². The van der Waals surface area contributed by atoms with Crippen LogP contribution < -0.4 is 0 Å². The predicted octanol–water partition coefficient (Wildman–Crippen LogP) is 2.61. The van der Waals surface area contributed by atoms with Crippen molar-refractivity contribution < 1.29 is 18.6 Å². The second-order valence-corrected chi connectivity index (χ2v) is 5.62. The lowest BCUT2D eigenvalue weighted by atomic mass is 10.1. The van der Waals surface area contributed by atoms with Crippen molar-refractivity contribution >= 4 is 11.0 Å². The molecule has 0 spiro atoms. The Kier molecular flexibility index (Phi) is 3.65. The molecule has 120 valence electrons. The molecule has 4 rings (SSSR count). The SMILES string of the molecule is COCC1COC(Cc2ncc[nH]2)(c2cc3ccccc3o2)O1. The monoisotopic (exact) mass is 314 g/mol. The smallest absolute Gasteiger partial charge is 0.236 e. The Hall–Kier alpha value is -2.15. The van der Waals surface area contributed by atoms with Gasteiger partial charge < -0.3 is 23.6 Å². The summed E-state index contributed by atoms with van der Waals surface area (Å²) in [6, 6.07) is 9.82. The minimum atomic E-state index is -0.986. The van der Waals surface area contributed by atoms with Gasteiger partial charge >= 0.3 is 0 Å². The summed E-state index contributed by atoms with van der Waals surface area (Å²) in [6.45, 7) is 0.922. The first-order valence-corrected chi connectivity index (χ1v) is 7.57. The summed E-state index contributed by atoms with van der Waals surface area (Å²) >= 11 is 0. The average molecular weight is 314 g/mol. The molecule has 1 fully saturated rings. The molecule has 1 aromatic carbocycles. The van der Waals surface area contributed by atoms with E-state index < -0.39 is 5.79 Å². The highest BCUT2D eigenvalue weighted by atomic mass is 16.8. The van der Waals surface area contributed by atoms with Crippen molar-refractivity contribution in [2.45, 2.75) is 18.3 Å². The van der Waals surface area contributed by atoms with E-state index in [9.17, 15) is 0 Å². The minimum absolute atomic E-state index is 0.136. The summed E-state index contributed by atoms with van der Waals surface area (Å²) in [7, 11) is 1.65. The molecule has 0 aliphatic carbocycles. The van der Waals surface area contributed by atoms with Crippen LogP contribution in [0.1, 0.15) is 11.6 Å². The summed E-state index contributed by atoms with van der Waals surface area (Å²) < 4.78 is 23.4. The molecule has 2 atom stereocenters. The van der Waals surface area contributed by atoms with Crippen molar-refractivity contribution in [1.29, 1.82) is 0 Å². The number of hydrogen-bond acceptors (Lipinski definition) is 5. The Labute approximate surface area is 133 Å². The molecule has 1 saturated heterocycles. The lowest BCUT2D eigenvalue weighted by Gasteiger charge is -2.25. The molecular formula is C17H18N2O4. The Morgan fingerprint density at radius 1 is 1.39 bits per heavy atom. The molecule has 6 nitrogen and oxygen atoms in total. The van der Waals surface area contributed by atoms with Crippen LogP contribution in [0.5, 0.6) is 0 Å². The van der Waals surface area contributed by atoms with Crippen molar-refractivity contribution in [2.75, 3.05) is 20.3 Å². The van der Waals surface area contributed by atoms with Gasteiger partial charge in [-0.05, 0) is 12.1 Å². The van der Waals surface area contributed by atoms with Crippen molar-refractivity contribution in [3.05, 3.63) is 54.3 Å². The van der Waals surface area contributed by atoms with E-state index in [1.807, 2.05) is 30.3 Å². The van der Waals surface area contributed by atoms with Crippen LogP contribution in [0.15, 0.2) is 47.1 Å². The molecule has 23 heavy (non-hydrogen) atoms. The van der Waals surface area contributed by atoms with Gasteiger partial charge in [-0.2, -0.15) is 0 Å². The second-order valence-electron chi connectivity index (χ2n) is 5.62. The summed E-state index contributed by atoms with van der Waals surface area (Å²) in [5.41, 5.74) is 0.809. The zero-order chi connectivity index (χ0) is 15.7. The Morgan fingerprint density at radius 3 is 3.09 bits per heavy atom. The standard InChI is InChI=1S/C17H18N2O4/c1-20-10-13-11-21-17(23-13,9-16-18-6-7-19-16)15-8-12-4-2-3-5-14(12)22-15/h2-8,13H,9-11H2,1H3,(H,18,19). The molecule has 0 amide bonds. The van der Waals surface area contributed by atoms with E-state index >= 15 is 0 Å². The number of aromatic amines is 1. The highest BCUT2D eigenvalue weighted by Crippen LogP contribution is 2.39. The molecule has 1 N–H and O–H groups in total. The van der Waals surface area contributed by atoms with Gasteiger partial charge in [0.1, 0.15) is 17.5 Å². The second kappa shape index (κ2) is 5.81. The molecule has 3 heterocycles. The number of hydrogen-bond donors (Lipinski definition) is 1. The number of H-pyrrole nitrogens is 1. The quantitative estimate of drug-likeness (QED) is 0.784. The van der Waals surface area contributed by atoms with Crippen LogP contribution in [0.4, 0.5) is 0 Å². The zero-order valence-corrected chi connectivity index (χ0v) is 12.8. The van der Waals surface area contributed by atoms with Crippen LogP contribution in [0, 0.1) is 0 Å². The van der Waals surface area contributed by atoms with Gasteiger partial charge in [0.25, 0.3) is 0 Å². The van der Waals surface area contributed by atoms with E-state index in [0.29, 0.717) is 25.4 Å². The van der Waals surface area contributed by atoms with Crippen LogP contribution >= 0.6 is 0 Å². The fourth-order valence-corrected chi connectivity index (χ4v) is 2.93. The Bertz CT molecular complexity index is 750. The third-order valence-corrected chi connectivity index (χ3v) is 3.97. The molecule has 1 aliphatic heterocycles. The van der Waals surface area contributed by atoms with Gasteiger partial charge in [-0.3, -0.25) is 0 Å². The average Bonchev–Trinajstić information content (AvgIpc) is 3.28. The number of ether oxygens (including phenoxy) is 3. The summed E-state index contributed by atoms with van der Waals surface area (Å²) in [5, 5.41) is 1.02. The van der Waals surface area contributed by atoms with Crippen molar-refractivity contribution in [3.63, 3.8) is 0 Å². The molecule has 3 aromatic rings. The first-order valence-electron chi connectivity index (χ1n) is 7.57. The van der Waals surface area contributed by atoms with Gasteiger partial charge in [0.2, 0.25) is 5.79 Å². The first kappa shape index (κ1) is 14.4. The maximum atomic E-state index is 6.18. The molecule has 6 heteroatoms. The van der Waals surface area contributed by atoms with E-state index in [1.165, 1.54) is 0 Å². The highest BCUT2D eigenvalue weighted by molar-refractivity contribution is 5.77. The largest absolute Gasteiger partial charge is 0.455 e. The minimum Gasteiger partial charge on any atom is -0.455 e. The van der Waals surface area contributed by atoms with Gasteiger partial charge in [0.05, 0.1) is 19.6 Å². The number of methoxy groups -OCH3 is 1. The highest BCUT2D eigenvalue weighted by Gasteiger charge is 2.46. The van der Waals surface area contributed by atoms with E-state index in [-0.39, 0.29) is 6.10 Å². The summed E-state index contributed by atoms with van der Waals surface area (Å²) in [4.78, 5) is 7.38. The lowest BCUT2D eigenvalue weighted by molar-refractivity contribution is -0.192. The molecule has 0 bridgehead atoms. The number of furan rings is 1.